The molecule has 0 fully saturated rings. The summed E-state index contributed by atoms with van der Waals surface area (Å²) in [6.45, 7) is 0. The molecule has 0 radical (unpaired) electrons. The Labute approximate surface area is 128 Å². The Morgan fingerprint density at radius 3 is 2.67 bits per heavy atom. The second-order valence-electron chi connectivity index (χ2n) is 4.74. The van der Waals surface area contributed by atoms with Crippen molar-refractivity contribution in [1.82, 2.24) is 4.90 Å². The maximum absolute atomic E-state index is 12.1. The Balaban J connectivity index is 2.33. The number of amides is 2. The minimum absolute atomic E-state index is 0.110. The van der Waals surface area contributed by atoms with Crippen molar-refractivity contribution in [2.75, 3.05) is 7.05 Å². The Hall–Kier alpha value is -2.02. The molecular formula is C14H12BrNO5. The van der Waals surface area contributed by atoms with Gasteiger partial charge >= 0.3 is 5.97 Å². The van der Waals surface area contributed by atoms with Crippen LogP contribution in [0.25, 0.3) is 0 Å². The van der Waals surface area contributed by atoms with Crippen LogP contribution in [0, 0.1) is 0 Å². The van der Waals surface area contributed by atoms with Gasteiger partial charge in [0, 0.05) is 18.2 Å². The molecule has 2 rings (SSSR count). The number of carbonyl (C=O) groups excluding carboxylic acids is 3. The monoisotopic (exact) mass is 353 g/mol. The van der Waals surface area contributed by atoms with Gasteiger partial charge in [0.15, 0.2) is 5.78 Å². The zero-order valence-electron chi connectivity index (χ0n) is 11.1. The molecule has 1 aromatic carbocycles. The first-order chi connectivity index (χ1) is 9.81. The lowest BCUT2D eigenvalue weighted by Crippen LogP contribution is -2.39. The van der Waals surface area contributed by atoms with Crippen molar-refractivity contribution in [2.24, 2.45) is 0 Å². The summed E-state index contributed by atoms with van der Waals surface area (Å²) in [5.74, 6) is -2.26. The van der Waals surface area contributed by atoms with Crippen LogP contribution < -0.4 is 0 Å². The summed E-state index contributed by atoms with van der Waals surface area (Å²) < 4.78 is 0. The number of carbonyl (C=O) groups is 4. The molecule has 7 heteroatoms. The summed E-state index contributed by atoms with van der Waals surface area (Å²) in [5.41, 5.74) is 1.12. The zero-order chi connectivity index (χ0) is 15.7. The average Bonchev–Trinajstić information content (AvgIpc) is 2.43. The van der Waals surface area contributed by atoms with Crippen LogP contribution in [0.2, 0.25) is 0 Å². The number of likely N-dealkylation sites (N-methyl/N-ethyl adjacent to an activating group) is 1. The van der Waals surface area contributed by atoms with E-state index in [1.807, 2.05) is 0 Å². The summed E-state index contributed by atoms with van der Waals surface area (Å²) in [4.78, 5) is 46.5. The first-order valence-corrected chi connectivity index (χ1v) is 7.06. The number of rotatable bonds is 4. The molecule has 1 aliphatic rings. The Morgan fingerprint density at radius 2 is 2.05 bits per heavy atom. The van der Waals surface area contributed by atoms with Crippen molar-refractivity contribution in [2.45, 2.75) is 17.7 Å². The summed E-state index contributed by atoms with van der Waals surface area (Å²) >= 11 is 3.03. The highest BCUT2D eigenvalue weighted by Crippen LogP contribution is 2.22. The fourth-order valence-electron chi connectivity index (χ4n) is 2.09. The third kappa shape index (κ3) is 3.02. The summed E-state index contributed by atoms with van der Waals surface area (Å²) in [6.07, 6.45) is -0.235. The number of carboxylic acid groups (broad SMARTS) is 1. The van der Waals surface area contributed by atoms with Gasteiger partial charge in [-0.25, -0.2) is 0 Å². The largest absolute Gasteiger partial charge is 0.481 e. The second kappa shape index (κ2) is 5.77. The molecule has 1 aliphatic heterocycles. The van der Waals surface area contributed by atoms with Gasteiger partial charge in [-0.05, 0) is 11.6 Å². The summed E-state index contributed by atoms with van der Waals surface area (Å²) in [7, 11) is 1.39. The summed E-state index contributed by atoms with van der Waals surface area (Å²) in [6, 6.07) is 4.48. The minimum atomic E-state index is -1.09. The van der Waals surface area contributed by atoms with Gasteiger partial charge < -0.3 is 5.11 Å². The lowest BCUT2D eigenvalue weighted by Gasteiger charge is -2.23. The first-order valence-electron chi connectivity index (χ1n) is 6.15. The van der Waals surface area contributed by atoms with E-state index >= 15 is 0 Å². The number of benzene rings is 1. The van der Waals surface area contributed by atoms with Gasteiger partial charge in [0.2, 0.25) is 5.91 Å². The number of aliphatic carboxylic acids is 1. The molecule has 0 spiro atoms. The normalized spacial score (nSPS) is 15.6. The number of nitrogens with zero attached hydrogens (tertiary/aromatic N) is 1. The van der Waals surface area contributed by atoms with Crippen LogP contribution in [0.4, 0.5) is 0 Å². The molecule has 6 nitrogen and oxygen atoms in total. The number of halogens is 1. The van der Waals surface area contributed by atoms with Crippen molar-refractivity contribution in [1.29, 1.82) is 0 Å². The number of Topliss-reactive ketones (excluding diaryl/α,β-unsaturated/α-hetero) is 1. The van der Waals surface area contributed by atoms with Crippen LogP contribution in [0.15, 0.2) is 18.2 Å². The molecular weight excluding hydrogens is 342 g/mol. The van der Waals surface area contributed by atoms with Gasteiger partial charge in [0.25, 0.3) is 5.91 Å². The van der Waals surface area contributed by atoms with Gasteiger partial charge in [-0.15, -0.1) is 0 Å². The van der Waals surface area contributed by atoms with E-state index in [4.69, 9.17) is 5.11 Å². The van der Waals surface area contributed by atoms with E-state index < -0.39 is 22.5 Å². The van der Waals surface area contributed by atoms with Crippen molar-refractivity contribution < 1.29 is 24.3 Å². The predicted octanol–water partition coefficient (Wildman–Crippen LogP) is 1.26. The smallest absolute Gasteiger partial charge is 0.304 e. The van der Waals surface area contributed by atoms with Crippen molar-refractivity contribution in [3.63, 3.8) is 0 Å². The molecule has 0 aliphatic carbocycles. The Morgan fingerprint density at radius 1 is 1.38 bits per heavy atom. The zero-order valence-corrected chi connectivity index (χ0v) is 12.7. The highest BCUT2D eigenvalue weighted by molar-refractivity contribution is 9.10. The number of hydrogen-bond acceptors (Lipinski definition) is 4. The number of carboxylic acids is 1. The Kier molecular flexibility index (Phi) is 4.22. The maximum atomic E-state index is 12.1. The van der Waals surface area contributed by atoms with Gasteiger partial charge in [0.1, 0.15) is 0 Å². The highest BCUT2D eigenvalue weighted by atomic mass is 79.9. The van der Waals surface area contributed by atoms with Crippen molar-refractivity contribution in [3.05, 3.63) is 34.9 Å². The van der Waals surface area contributed by atoms with E-state index in [1.165, 1.54) is 19.2 Å². The molecule has 1 aromatic rings. The van der Waals surface area contributed by atoms with Crippen LogP contribution >= 0.6 is 15.9 Å². The van der Waals surface area contributed by atoms with E-state index in [0.29, 0.717) is 11.1 Å². The third-order valence-electron chi connectivity index (χ3n) is 3.28. The SMILES string of the molecule is CN1C(=O)Cc2ccc(C(=O)C(Br)CC(=O)O)cc2C1=O. The van der Waals surface area contributed by atoms with Gasteiger partial charge in [-0.1, -0.05) is 28.1 Å². The average molecular weight is 354 g/mol. The van der Waals surface area contributed by atoms with Crippen molar-refractivity contribution in [3.8, 4) is 0 Å². The van der Waals surface area contributed by atoms with Gasteiger partial charge in [0.05, 0.1) is 17.7 Å². The van der Waals surface area contributed by atoms with E-state index in [2.05, 4.69) is 15.9 Å². The molecule has 0 bridgehead atoms. The maximum Gasteiger partial charge on any atom is 0.304 e. The van der Waals surface area contributed by atoms with E-state index in [1.54, 1.807) is 6.07 Å². The van der Waals surface area contributed by atoms with E-state index in [0.717, 1.165) is 4.90 Å². The second-order valence-corrected chi connectivity index (χ2v) is 5.84. The number of alkyl halides is 1. The van der Waals surface area contributed by atoms with Gasteiger partial charge in [-0.3, -0.25) is 24.1 Å². The van der Waals surface area contributed by atoms with Crippen LogP contribution in [0.1, 0.15) is 32.7 Å². The molecule has 0 aromatic heterocycles. The van der Waals surface area contributed by atoms with Crippen molar-refractivity contribution >= 4 is 39.5 Å². The molecule has 110 valence electrons. The number of hydrogen-bond donors (Lipinski definition) is 1. The van der Waals surface area contributed by atoms with E-state index in [-0.39, 0.29) is 24.3 Å². The standard InChI is InChI=1S/C14H12BrNO5/c1-16-11(17)5-7-2-3-8(4-9(7)14(16)21)13(20)10(15)6-12(18)19/h2-4,10H,5-6H2,1H3,(H,18,19). The quantitative estimate of drug-likeness (QED) is 0.499. The minimum Gasteiger partial charge on any atom is -0.481 e. The van der Waals surface area contributed by atoms with Crippen LogP contribution in [0.5, 0.6) is 0 Å². The third-order valence-corrected chi connectivity index (χ3v) is 4.02. The van der Waals surface area contributed by atoms with Crippen LogP contribution in [-0.2, 0) is 16.0 Å². The van der Waals surface area contributed by atoms with E-state index in [9.17, 15) is 19.2 Å². The molecule has 0 saturated carbocycles. The summed E-state index contributed by atoms with van der Waals surface area (Å²) in [5, 5.41) is 8.70. The molecule has 1 unspecified atom stereocenters. The molecule has 0 saturated heterocycles. The number of fused-ring (bicyclic) bond motifs is 1. The predicted molar refractivity (Wildman–Crippen MR) is 76.5 cm³/mol. The van der Waals surface area contributed by atoms with Crippen LogP contribution in [0.3, 0.4) is 0 Å². The van der Waals surface area contributed by atoms with Gasteiger partial charge in [-0.2, -0.15) is 0 Å². The Bertz CT molecular complexity index is 655. The lowest BCUT2D eigenvalue weighted by atomic mass is 9.94. The molecule has 1 atom stereocenters. The highest BCUT2D eigenvalue weighted by Gasteiger charge is 2.29. The molecule has 1 heterocycles. The number of ketones is 1. The van der Waals surface area contributed by atoms with Crippen LogP contribution in [-0.4, -0.2) is 45.4 Å². The lowest BCUT2D eigenvalue weighted by molar-refractivity contribution is -0.136. The fraction of sp³-hybridized carbons (Fsp3) is 0.286. The fourth-order valence-corrected chi connectivity index (χ4v) is 2.63. The first kappa shape index (κ1) is 15.4. The topological polar surface area (TPSA) is 91.8 Å². The molecule has 2 amide bonds. The molecule has 1 N–H and O–H groups in total. The molecule has 21 heavy (non-hydrogen) atoms. The number of imide groups is 1.